The second-order valence-electron chi connectivity index (χ2n) is 3.73. The molecule has 1 unspecified atom stereocenters. The summed E-state index contributed by atoms with van der Waals surface area (Å²) in [6, 6.07) is 10.9. The number of nitrogens with one attached hydrogen (secondary N) is 1. The Hall–Kier alpha value is -1.41. The molecule has 1 heterocycles. The van der Waals surface area contributed by atoms with Gasteiger partial charge in [0.25, 0.3) is 0 Å². The molecule has 78 valence electrons. The van der Waals surface area contributed by atoms with Gasteiger partial charge in [-0.25, -0.2) is 0 Å². The number of fused-ring (bicyclic) bond motifs is 1. The van der Waals surface area contributed by atoms with E-state index in [0.717, 1.165) is 12.1 Å². The van der Waals surface area contributed by atoms with E-state index in [1.54, 1.807) is 0 Å². The highest BCUT2D eigenvalue weighted by Gasteiger charge is 2.04. The smallest absolute Gasteiger partial charge is 0.0705 e. The first kappa shape index (κ1) is 10.1. The zero-order valence-electron chi connectivity index (χ0n) is 9.20. The minimum Gasteiger partial charge on any atom is -0.310 e. The molecule has 0 spiro atoms. The lowest BCUT2D eigenvalue weighted by atomic mass is 10.1. The average molecular weight is 200 g/mol. The summed E-state index contributed by atoms with van der Waals surface area (Å²) in [7, 11) is 0. The van der Waals surface area contributed by atoms with E-state index in [-0.39, 0.29) is 0 Å². The summed E-state index contributed by atoms with van der Waals surface area (Å²) < 4.78 is 0. The predicted octanol–water partition coefficient (Wildman–Crippen LogP) is 2.91. The van der Waals surface area contributed by atoms with Crippen molar-refractivity contribution in [2.45, 2.75) is 19.9 Å². The SMILES string of the molecule is CCNC(C)c1ccc2cccnc2c1. The van der Waals surface area contributed by atoms with Gasteiger partial charge < -0.3 is 5.32 Å². The van der Waals surface area contributed by atoms with E-state index in [2.05, 4.69) is 48.4 Å². The molecule has 2 aromatic rings. The Morgan fingerprint density at radius 1 is 1.33 bits per heavy atom. The van der Waals surface area contributed by atoms with Gasteiger partial charge in [-0.1, -0.05) is 25.1 Å². The number of benzene rings is 1. The number of nitrogens with zero attached hydrogens (tertiary/aromatic N) is 1. The maximum Gasteiger partial charge on any atom is 0.0705 e. The van der Waals surface area contributed by atoms with Crippen LogP contribution < -0.4 is 5.32 Å². The summed E-state index contributed by atoms with van der Waals surface area (Å²) in [6.07, 6.45) is 1.84. The zero-order valence-corrected chi connectivity index (χ0v) is 9.20. The molecule has 1 atom stereocenters. The molecule has 2 heteroatoms. The summed E-state index contributed by atoms with van der Waals surface area (Å²) in [6.45, 7) is 5.28. The van der Waals surface area contributed by atoms with E-state index >= 15 is 0 Å². The first-order valence-corrected chi connectivity index (χ1v) is 5.39. The molecule has 0 amide bonds. The van der Waals surface area contributed by atoms with Crippen molar-refractivity contribution < 1.29 is 0 Å². The third-order valence-electron chi connectivity index (χ3n) is 2.64. The van der Waals surface area contributed by atoms with Gasteiger partial charge in [-0.05, 0) is 31.2 Å². The summed E-state index contributed by atoms with van der Waals surface area (Å²) in [5.74, 6) is 0. The molecule has 0 bridgehead atoms. The van der Waals surface area contributed by atoms with Gasteiger partial charge >= 0.3 is 0 Å². The van der Waals surface area contributed by atoms with Gasteiger partial charge in [-0.2, -0.15) is 0 Å². The number of hydrogen-bond acceptors (Lipinski definition) is 2. The summed E-state index contributed by atoms with van der Waals surface area (Å²) in [4.78, 5) is 4.36. The van der Waals surface area contributed by atoms with E-state index in [4.69, 9.17) is 0 Å². The van der Waals surface area contributed by atoms with Gasteiger partial charge in [-0.15, -0.1) is 0 Å². The van der Waals surface area contributed by atoms with Crippen LogP contribution in [0.3, 0.4) is 0 Å². The molecule has 0 radical (unpaired) electrons. The van der Waals surface area contributed by atoms with Crippen LogP contribution in [-0.2, 0) is 0 Å². The van der Waals surface area contributed by atoms with Crippen LogP contribution in [0.2, 0.25) is 0 Å². The molecule has 0 aliphatic carbocycles. The van der Waals surface area contributed by atoms with Crippen LogP contribution in [0.1, 0.15) is 25.5 Å². The maximum absolute atomic E-state index is 4.36. The number of rotatable bonds is 3. The van der Waals surface area contributed by atoms with E-state index in [1.165, 1.54) is 10.9 Å². The van der Waals surface area contributed by atoms with Gasteiger partial charge in [0.2, 0.25) is 0 Å². The van der Waals surface area contributed by atoms with Crippen molar-refractivity contribution in [2.75, 3.05) is 6.54 Å². The summed E-state index contributed by atoms with van der Waals surface area (Å²) >= 11 is 0. The van der Waals surface area contributed by atoms with Gasteiger partial charge in [-0.3, -0.25) is 4.98 Å². The molecule has 0 aliphatic rings. The third kappa shape index (κ3) is 2.16. The predicted molar refractivity (Wildman–Crippen MR) is 63.8 cm³/mol. The number of aromatic nitrogens is 1. The van der Waals surface area contributed by atoms with Crippen molar-refractivity contribution in [3.05, 3.63) is 42.1 Å². The lowest BCUT2D eigenvalue weighted by molar-refractivity contribution is 0.598. The van der Waals surface area contributed by atoms with Crippen LogP contribution in [0, 0.1) is 0 Å². The molecule has 0 saturated carbocycles. The average Bonchev–Trinajstić information content (AvgIpc) is 2.29. The van der Waals surface area contributed by atoms with Crippen molar-refractivity contribution in [1.29, 1.82) is 0 Å². The maximum atomic E-state index is 4.36. The highest BCUT2D eigenvalue weighted by atomic mass is 14.9. The van der Waals surface area contributed by atoms with Gasteiger partial charge in [0.05, 0.1) is 5.52 Å². The Morgan fingerprint density at radius 2 is 2.20 bits per heavy atom. The first-order valence-electron chi connectivity index (χ1n) is 5.39. The highest BCUT2D eigenvalue weighted by Crippen LogP contribution is 2.18. The lowest BCUT2D eigenvalue weighted by Gasteiger charge is -2.12. The fraction of sp³-hybridized carbons (Fsp3) is 0.308. The molecular formula is C13H16N2. The van der Waals surface area contributed by atoms with Crippen molar-refractivity contribution in [3.63, 3.8) is 0 Å². The minimum absolute atomic E-state index is 0.390. The van der Waals surface area contributed by atoms with Gasteiger partial charge in [0, 0.05) is 17.6 Å². The second-order valence-corrected chi connectivity index (χ2v) is 3.73. The van der Waals surface area contributed by atoms with Crippen molar-refractivity contribution in [1.82, 2.24) is 10.3 Å². The Kier molecular flexibility index (Phi) is 2.97. The van der Waals surface area contributed by atoms with Crippen LogP contribution in [0.15, 0.2) is 36.5 Å². The summed E-state index contributed by atoms with van der Waals surface area (Å²) in [5.41, 5.74) is 2.36. The number of pyridine rings is 1. The Morgan fingerprint density at radius 3 is 3.00 bits per heavy atom. The summed E-state index contributed by atoms with van der Waals surface area (Å²) in [5, 5.41) is 4.60. The molecule has 15 heavy (non-hydrogen) atoms. The van der Waals surface area contributed by atoms with Crippen LogP contribution >= 0.6 is 0 Å². The van der Waals surface area contributed by atoms with Crippen LogP contribution in [-0.4, -0.2) is 11.5 Å². The largest absolute Gasteiger partial charge is 0.310 e. The van der Waals surface area contributed by atoms with E-state index in [9.17, 15) is 0 Å². The molecule has 0 aliphatic heterocycles. The van der Waals surface area contributed by atoms with Crippen LogP contribution in [0.5, 0.6) is 0 Å². The van der Waals surface area contributed by atoms with Gasteiger partial charge in [0.15, 0.2) is 0 Å². The minimum atomic E-state index is 0.390. The van der Waals surface area contributed by atoms with E-state index in [1.807, 2.05) is 12.3 Å². The fourth-order valence-electron chi connectivity index (χ4n) is 1.78. The Labute approximate surface area is 90.3 Å². The fourth-order valence-corrected chi connectivity index (χ4v) is 1.78. The number of hydrogen-bond donors (Lipinski definition) is 1. The monoisotopic (exact) mass is 200 g/mol. The van der Waals surface area contributed by atoms with Crippen molar-refractivity contribution >= 4 is 10.9 Å². The van der Waals surface area contributed by atoms with Crippen molar-refractivity contribution in [2.24, 2.45) is 0 Å². The quantitative estimate of drug-likeness (QED) is 0.824. The van der Waals surface area contributed by atoms with Gasteiger partial charge in [0.1, 0.15) is 0 Å². The van der Waals surface area contributed by atoms with Crippen LogP contribution in [0.25, 0.3) is 10.9 Å². The topological polar surface area (TPSA) is 24.9 Å². The molecular weight excluding hydrogens is 184 g/mol. The molecule has 2 rings (SSSR count). The molecule has 0 saturated heterocycles. The lowest BCUT2D eigenvalue weighted by Crippen LogP contribution is -2.17. The standard InChI is InChI=1S/C13H16N2/c1-3-14-10(2)12-7-6-11-5-4-8-15-13(11)9-12/h4-10,14H,3H2,1-2H3. The zero-order chi connectivity index (χ0) is 10.7. The molecule has 1 aromatic heterocycles. The molecule has 1 aromatic carbocycles. The van der Waals surface area contributed by atoms with E-state index in [0.29, 0.717) is 6.04 Å². The van der Waals surface area contributed by atoms with Crippen molar-refractivity contribution in [3.8, 4) is 0 Å². The molecule has 2 nitrogen and oxygen atoms in total. The normalized spacial score (nSPS) is 12.9. The highest BCUT2D eigenvalue weighted by molar-refractivity contribution is 5.78. The Bertz CT molecular complexity index is 451. The molecule has 0 fully saturated rings. The Balaban J connectivity index is 2.38. The second kappa shape index (κ2) is 4.41. The van der Waals surface area contributed by atoms with Crippen LogP contribution in [0.4, 0.5) is 0 Å². The third-order valence-corrected chi connectivity index (χ3v) is 2.64. The first-order chi connectivity index (χ1) is 7.31. The van der Waals surface area contributed by atoms with E-state index < -0.39 is 0 Å². The molecule has 1 N–H and O–H groups in total.